The van der Waals surface area contributed by atoms with Crippen molar-refractivity contribution in [3.05, 3.63) is 59.7 Å². The van der Waals surface area contributed by atoms with E-state index in [1.54, 1.807) is 36.0 Å². The van der Waals surface area contributed by atoms with Gasteiger partial charge in [0.15, 0.2) is 11.9 Å². The molecule has 0 fully saturated rings. The van der Waals surface area contributed by atoms with Crippen molar-refractivity contribution in [3.8, 4) is 17.1 Å². The van der Waals surface area contributed by atoms with E-state index in [-0.39, 0.29) is 5.56 Å². The molecule has 8 heteroatoms. The van der Waals surface area contributed by atoms with Crippen LogP contribution in [-0.4, -0.2) is 32.0 Å². The van der Waals surface area contributed by atoms with Gasteiger partial charge in [0, 0.05) is 22.6 Å². The van der Waals surface area contributed by atoms with Crippen LogP contribution >= 0.6 is 11.8 Å². The molecule has 148 valence electrons. The van der Waals surface area contributed by atoms with Crippen molar-refractivity contribution in [2.24, 2.45) is 0 Å². The average molecular weight is 408 g/mol. The zero-order chi connectivity index (χ0) is 20.2. The van der Waals surface area contributed by atoms with E-state index in [4.69, 9.17) is 9.84 Å². The maximum Gasteiger partial charge on any atom is 0.335 e. The standard InChI is InChI=1S/C21H20N4O3S/c1-2-3-12-29-21-23-19-17(24-25-21)15-6-4-5-7-16(15)22-18(28-19)13-8-10-14(11-9-13)20(26)27/h4-11,18,22H,2-3,12H2,1H3,(H,26,27)/t18-/m0/s1. The van der Waals surface area contributed by atoms with Gasteiger partial charge in [-0.05, 0) is 24.6 Å². The minimum Gasteiger partial charge on any atom is -0.478 e. The van der Waals surface area contributed by atoms with Gasteiger partial charge in [0.25, 0.3) is 0 Å². The van der Waals surface area contributed by atoms with Gasteiger partial charge in [0.2, 0.25) is 11.0 Å². The molecule has 0 saturated carbocycles. The number of hydrogen-bond acceptors (Lipinski definition) is 7. The monoisotopic (exact) mass is 408 g/mol. The van der Waals surface area contributed by atoms with Crippen LogP contribution in [0.1, 0.15) is 41.9 Å². The van der Waals surface area contributed by atoms with Crippen molar-refractivity contribution in [1.29, 1.82) is 0 Å². The fourth-order valence-corrected chi connectivity index (χ4v) is 3.83. The Labute approximate surface area is 172 Å². The van der Waals surface area contributed by atoms with E-state index in [0.717, 1.165) is 35.4 Å². The Morgan fingerprint density at radius 2 is 1.97 bits per heavy atom. The number of aromatic nitrogens is 3. The van der Waals surface area contributed by atoms with Crippen LogP contribution in [0.25, 0.3) is 11.3 Å². The van der Waals surface area contributed by atoms with Crippen molar-refractivity contribution in [1.82, 2.24) is 15.2 Å². The van der Waals surface area contributed by atoms with Crippen LogP contribution < -0.4 is 10.1 Å². The lowest BCUT2D eigenvalue weighted by atomic mass is 10.1. The van der Waals surface area contributed by atoms with E-state index >= 15 is 0 Å². The number of para-hydroxylation sites is 1. The quantitative estimate of drug-likeness (QED) is 0.450. The third kappa shape index (κ3) is 4.17. The molecule has 3 aromatic rings. The van der Waals surface area contributed by atoms with Crippen molar-refractivity contribution < 1.29 is 14.6 Å². The fraction of sp³-hybridized carbons (Fsp3) is 0.238. The SMILES string of the molecule is CCCCSc1nnc2c(n1)O[C@@H](c1ccc(C(=O)O)cc1)Nc1ccccc1-2. The molecule has 0 unspecified atom stereocenters. The molecule has 0 aliphatic carbocycles. The molecule has 1 atom stereocenters. The highest BCUT2D eigenvalue weighted by Gasteiger charge is 2.26. The first kappa shape index (κ1) is 19.2. The molecule has 2 N–H and O–H groups in total. The Morgan fingerprint density at radius 1 is 1.17 bits per heavy atom. The van der Waals surface area contributed by atoms with Gasteiger partial charge >= 0.3 is 5.97 Å². The van der Waals surface area contributed by atoms with Gasteiger partial charge in [0.1, 0.15) is 0 Å². The van der Waals surface area contributed by atoms with Gasteiger partial charge in [0.05, 0.1) is 5.56 Å². The number of fused-ring (bicyclic) bond motifs is 3. The molecule has 29 heavy (non-hydrogen) atoms. The summed E-state index contributed by atoms with van der Waals surface area (Å²) in [5, 5.41) is 21.7. The van der Waals surface area contributed by atoms with Gasteiger partial charge in [-0.2, -0.15) is 4.98 Å². The number of thioether (sulfide) groups is 1. The molecular formula is C21H20N4O3S. The molecule has 1 aromatic heterocycles. The first-order chi connectivity index (χ1) is 14.2. The smallest absolute Gasteiger partial charge is 0.335 e. The summed E-state index contributed by atoms with van der Waals surface area (Å²) >= 11 is 1.56. The number of anilines is 1. The number of aromatic carboxylic acids is 1. The summed E-state index contributed by atoms with van der Waals surface area (Å²) in [6.45, 7) is 2.14. The molecule has 2 heterocycles. The number of hydrogen-bond donors (Lipinski definition) is 2. The Balaban J connectivity index is 1.71. The number of unbranched alkanes of at least 4 members (excludes halogenated alkanes) is 1. The van der Waals surface area contributed by atoms with Gasteiger partial charge in [-0.1, -0.05) is 55.4 Å². The van der Waals surface area contributed by atoms with E-state index in [9.17, 15) is 4.79 Å². The first-order valence-corrected chi connectivity index (χ1v) is 10.4. The van der Waals surface area contributed by atoms with Gasteiger partial charge < -0.3 is 15.2 Å². The summed E-state index contributed by atoms with van der Waals surface area (Å²) in [6.07, 6.45) is 1.65. The Morgan fingerprint density at radius 3 is 2.72 bits per heavy atom. The number of rotatable bonds is 6. The third-order valence-corrected chi connectivity index (χ3v) is 5.45. The predicted octanol–water partition coefficient (Wildman–Crippen LogP) is 4.63. The topological polar surface area (TPSA) is 97.2 Å². The molecule has 4 rings (SSSR count). The van der Waals surface area contributed by atoms with Gasteiger partial charge in [-0.3, -0.25) is 0 Å². The molecular weight excluding hydrogens is 388 g/mol. The van der Waals surface area contributed by atoms with Crippen molar-refractivity contribution in [2.45, 2.75) is 31.1 Å². The lowest BCUT2D eigenvalue weighted by Crippen LogP contribution is -2.17. The van der Waals surface area contributed by atoms with Crippen LogP contribution in [-0.2, 0) is 0 Å². The van der Waals surface area contributed by atoms with Crippen LogP contribution in [0.15, 0.2) is 53.7 Å². The second-order valence-electron chi connectivity index (χ2n) is 6.57. The minimum atomic E-state index is -0.965. The predicted molar refractivity (Wildman–Crippen MR) is 111 cm³/mol. The fourth-order valence-electron chi connectivity index (χ4n) is 2.97. The lowest BCUT2D eigenvalue weighted by molar-refractivity contribution is 0.0696. The molecule has 1 aliphatic heterocycles. The average Bonchev–Trinajstić information content (AvgIpc) is 2.90. The molecule has 1 aliphatic rings. The summed E-state index contributed by atoms with van der Waals surface area (Å²) in [5.41, 5.74) is 3.30. The number of nitrogens with one attached hydrogen (secondary N) is 1. The number of carboxylic acids is 1. The number of nitrogens with zero attached hydrogens (tertiary/aromatic N) is 3. The Hall–Kier alpha value is -3.13. The summed E-state index contributed by atoms with van der Waals surface area (Å²) in [7, 11) is 0. The molecule has 0 spiro atoms. The number of carbonyl (C=O) groups is 1. The van der Waals surface area contributed by atoms with E-state index < -0.39 is 12.2 Å². The molecule has 0 radical (unpaired) electrons. The van der Waals surface area contributed by atoms with Crippen molar-refractivity contribution >= 4 is 23.4 Å². The summed E-state index contributed by atoms with van der Waals surface area (Å²) in [4.78, 5) is 15.7. The normalized spacial score (nSPS) is 14.7. The van der Waals surface area contributed by atoms with Crippen LogP contribution in [0, 0.1) is 0 Å². The second kappa shape index (κ2) is 8.48. The Bertz CT molecular complexity index is 1030. The number of ether oxygens (including phenoxy) is 1. The molecule has 2 aromatic carbocycles. The second-order valence-corrected chi connectivity index (χ2v) is 7.63. The van der Waals surface area contributed by atoms with Crippen LogP contribution in [0.2, 0.25) is 0 Å². The van der Waals surface area contributed by atoms with E-state index in [2.05, 4.69) is 27.4 Å². The zero-order valence-electron chi connectivity index (χ0n) is 15.8. The maximum atomic E-state index is 11.1. The van der Waals surface area contributed by atoms with Crippen LogP contribution in [0.3, 0.4) is 0 Å². The van der Waals surface area contributed by atoms with Gasteiger partial charge in [-0.25, -0.2) is 4.79 Å². The molecule has 0 bridgehead atoms. The highest BCUT2D eigenvalue weighted by Crippen LogP contribution is 2.39. The maximum absolute atomic E-state index is 11.1. The molecule has 7 nitrogen and oxygen atoms in total. The van der Waals surface area contributed by atoms with Crippen molar-refractivity contribution in [3.63, 3.8) is 0 Å². The molecule has 0 saturated heterocycles. The largest absolute Gasteiger partial charge is 0.478 e. The summed E-state index contributed by atoms with van der Waals surface area (Å²) in [6, 6.07) is 14.3. The zero-order valence-corrected chi connectivity index (χ0v) is 16.6. The number of benzene rings is 2. The Kier molecular flexibility index (Phi) is 5.62. The van der Waals surface area contributed by atoms with E-state index in [0.29, 0.717) is 16.7 Å². The minimum absolute atomic E-state index is 0.224. The highest BCUT2D eigenvalue weighted by atomic mass is 32.2. The first-order valence-electron chi connectivity index (χ1n) is 9.39. The van der Waals surface area contributed by atoms with E-state index in [1.807, 2.05) is 24.3 Å². The highest BCUT2D eigenvalue weighted by molar-refractivity contribution is 7.99. The molecule has 0 amide bonds. The van der Waals surface area contributed by atoms with Crippen LogP contribution in [0.5, 0.6) is 5.88 Å². The van der Waals surface area contributed by atoms with Crippen LogP contribution in [0.4, 0.5) is 5.69 Å². The third-order valence-electron chi connectivity index (χ3n) is 4.52. The lowest BCUT2D eigenvalue weighted by Gasteiger charge is -2.19. The number of carboxylic acid groups (broad SMARTS) is 1. The summed E-state index contributed by atoms with van der Waals surface area (Å²) in [5.74, 6) is 0.364. The van der Waals surface area contributed by atoms with Crippen molar-refractivity contribution in [2.75, 3.05) is 11.1 Å². The van der Waals surface area contributed by atoms with Gasteiger partial charge in [-0.15, -0.1) is 10.2 Å². The van der Waals surface area contributed by atoms with E-state index in [1.165, 1.54) is 0 Å². The summed E-state index contributed by atoms with van der Waals surface area (Å²) < 4.78 is 6.19.